The van der Waals surface area contributed by atoms with Crippen molar-refractivity contribution in [3.8, 4) is 11.5 Å². The first-order chi connectivity index (χ1) is 12.9. The Kier molecular flexibility index (Phi) is 7.11. The van der Waals surface area contributed by atoms with Crippen LogP contribution in [0.5, 0.6) is 11.5 Å². The van der Waals surface area contributed by atoms with Crippen LogP contribution in [0.2, 0.25) is 0 Å². The van der Waals surface area contributed by atoms with E-state index in [4.69, 9.17) is 9.47 Å². The molecular weight excluding hydrogens is 340 g/mol. The number of methoxy groups -OCH3 is 2. The predicted octanol–water partition coefficient (Wildman–Crippen LogP) is 4.43. The number of nitrogens with one attached hydrogen (secondary N) is 1. The number of ether oxygens (including phenoxy) is 2. The molecule has 5 nitrogen and oxygen atoms in total. The van der Waals surface area contributed by atoms with Gasteiger partial charge in [-0.2, -0.15) is 0 Å². The van der Waals surface area contributed by atoms with Gasteiger partial charge in [0.05, 0.1) is 20.3 Å². The van der Waals surface area contributed by atoms with E-state index in [-0.39, 0.29) is 11.9 Å². The monoisotopic (exact) mass is 370 g/mol. The molecule has 0 aliphatic heterocycles. The van der Waals surface area contributed by atoms with E-state index in [1.807, 2.05) is 49.4 Å². The van der Waals surface area contributed by atoms with Crippen molar-refractivity contribution in [2.75, 3.05) is 25.7 Å². The molecule has 0 aliphatic rings. The van der Waals surface area contributed by atoms with E-state index >= 15 is 0 Å². The number of benzene rings is 2. The summed E-state index contributed by atoms with van der Waals surface area (Å²) in [5, 5.41) is 3.04. The van der Waals surface area contributed by atoms with Gasteiger partial charge in [0.1, 0.15) is 0 Å². The molecule has 2 aromatic rings. The quantitative estimate of drug-likeness (QED) is 0.747. The van der Waals surface area contributed by atoms with Crippen LogP contribution in [0.15, 0.2) is 42.5 Å². The van der Waals surface area contributed by atoms with Crippen molar-refractivity contribution < 1.29 is 14.3 Å². The van der Waals surface area contributed by atoms with Crippen molar-refractivity contribution in [2.45, 2.75) is 39.8 Å². The molecule has 1 unspecified atom stereocenters. The third-order valence-corrected chi connectivity index (χ3v) is 4.68. The lowest BCUT2D eigenvalue weighted by Crippen LogP contribution is -2.30. The molecule has 0 aliphatic carbocycles. The summed E-state index contributed by atoms with van der Waals surface area (Å²) in [6.07, 6.45) is 0. The third-order valence-electron chi connectivity index (χ3n) is 4.68. The van der Waals surface area contributed by atoms with Gasteiger partial charge in [-0.05, 0) is 69.7 Å². The van der Waals surface area contributed by atoms with E-state index < -0.39 is 0 Å². The Morgan fingerprint density at radius 3 is 2.15 bits per heavy atom. The number of nitrogens with zero attached hydrogens (tertiary/aromatic N) is 1. The number of anilines is 1. The lowest BCUT2D eigenvalue weighted by Gasteiger charge is -2.27. The van der Waals surface area contributed by atoms with Gasteiger partial charge in [0.2, 0.25) is 0 Å². The van der Waals surface area contributed by atoms with Gasteiger partial charge < -0.3 is 19.7 Å². The Morgan fingerprint density at radius 1 is 1.00 bits per heavy atom. The fourth-order valence-corrected chi connectivity index (χ4v) is 3.14. The highest BCUT2D eigenvalue weighted by atomic mass is 16.5. The maximum atomic E-state index is 12.6. The number of rotatable bonds is 8. The van der Waals surface area contributed by atoms with E-state index in [1.54, 1.807) is 14.2 Å². The standard InChI is InChI=1S/C22H30N2O3/c1-7-24(15(2)3)19-11-8-17(9-12-19)22(25)23-16(4)18-10-13-20(26-5)21(14-18)27-6/h8-16H,7H2,1-6H3,(H,23,25). The van der Waals surface area contributed by atoms with Crippen molar-refractivity contribution in [2.24, 2.45) is 0 Å². The Morgan fingerprint density at radius 2 is 1.63 bits per heavy atom. The molecule has 2 aromatic carbocycles. The highest BCUT2D eigenvalue weighted by Crippen LogP contribution is 2.30. The van der Waals surface area contributed by atoms with Crippen LogP contribution in [-0.4, -0.2) is 32.7 Å². The Hall–Kier alpha value is -2.69. The van der Waals surface area contributed by atoms with Crippen LogP contribution in [0.25, 0.3) is 0 Å². The average Bonchev–Trinajstić information content (AvgIpc) is 2.68. The first-order valence-corrected chi connectivity index (χ1v) is 9.30. The van der Waals surface area contributed by atoms with Crippen LogP contribution < -0.4 is 19.7 Å². The zero-order valence-corrected chi connectivity index (χ0v) is 17.1. The Balaban J connectivity index is 2.10. The molecule has 27 heavy (non-hydrogen) atoms. The summed E-state index contributed by atoms with van der Waals surface area (Å²) in [5.74, 6) is 1.21. The fraction of sp³-hybridized carbons (Fsp3) is 0.409. The molecule has 1 atom stereocenters. The second-order valence-corrected chi connectivity index (χ2v) is 6.74. The fourth-order valence-electron chi connectivity index (χ4n) is 3.14. The number of hydrogen-bond acceptors (Lipinski definition) is 4. The minimum atomic E-state index is -0.153. The molecular formula is C22H30N2O3. The summed E-state index contributed by atoms with van der Waals surface area (Å²) in [4.78, 5) is 14.9. The zero-order chi connectivity index (χ0) is 20.0. The molecule has 1 amide bonds. The van der Waals surface area contributed by atoms with E-state index in [2.05, 4.69) is 31.0 Å². The first-order valence-electron chi connectivity index (χ1n) is 9.30. The minimum absolute atomic E-state index is 0.101. The molecule has 1 N–H and O–H groups in total. The SMILES string of the molecule is CCN(c1ccc(C(=O)NC(C)c2ccc(OC)c(OC)c2)cc1)C(C)C. The molecule has 0 saturated carbocycles. The van der Waals surface area contributed by atoms with Crippen LogP contribution in [0.1, 0.15) is 49.7 Å². The van der Waals surface area contributed by atoms with Gasteiger partial charge in [-0.15, -0.1) is 0 Å². The zero-order valence-electron chi connectivity index (χ0n) is 17.1. The smallest absolute Gasteiger partial charge is 0.251 e. The van der Waals surface area contributed by atoms with Gasteiger partial charge >= 0.3 is 0 Å². The minimum Gasteiger partial charge on any atom is -0.493 e. The second-order valence-electron chi connectivity index (χ2n) is 6.74. The van der Waals surface area contributed by atoms with Crippen LogP contribution in [-0.2, 0) is 0 Å². The lowest BCUT2D eigenvalue weighted by molar-refractivity contribution is 0.0940. The summed E-state index contributed by atoms with van der Waals surface area (Å²) in [7, 11) is 3.20. The first kappa shape index (κ1) is 20.6. The van der Waals surface area contributed by atoms with Crippen LogP contribution >= 0.6 is 0 Å². The van der Waals surface area contributed by atoms with Crippen LogP contribution in [0.3, 0.4) is 0 Å². The highest BCUT2D eigenvalue weighted by Gasteiger charge is 2.15. The number of carbonyl (C=O) groups excluding carboxylic acids is 1. The maximum Gasteiger partial charge on any atom is 0.251 e. The molecule has 5 heteroatoms. The summed E-state index contributed by atoms with van der Waals surface area (Å²) in [5.41, 5.74) is 2.72. The molecule has 0 bridgehead atoms. The summed E-state index contributed by atoms with van der Waals surface area (Å²) in [6, 6.07) is 13.7. The van der Waals surface area contributed by atoms with E-state index in [0.717, 1.165) is 17.8 Å². The van der Waals surface area contributed by atoms with Crippen molar-refractivity contribution in [3.05, 3.63) is 53.6 Å². The normalized spacial score (nSPS) is 11.8. The number of amides is 1. The van der Waals surface area contributed by atoms with Gasteiger partial charge in [-0.25, -0.2) is 0 Å². The van der Waals surface area contributed by atoms with Crippen molar-refractivity contribution in [1.82, 2.24) is 5.32 Å². The van der Waals surface area contributed by atoms with Gasteiger partial charge in [0, 0.05) is 23.8 Å². The largest absolute Gasteiger partial charge is 0.493 e. The third kappa shape index (κ3) is 4.94. The maximum absolute atomic E-state index is 12.6. The van der Waals surface area contributed by atoms with Crippen LogP contribution in [0, 0.1) is 0 Å². The van der Waals surface area contributed by atoms with Crippen molar-refractivity contribution in [3.63, 3.8) is 0 Å². The van der Waals surface area contributed by atoms with Gasteiger partial charge in [-0.3, -0.25) is 4.79 Å². The molecule has 0 fully saturated rings. The van der Waals surface area contributed by atoms with Gasteiger partial charge in [0.15, 0.2) is 11.5 Å². The van der Waals surface area contributed by atoms with E-state index in [9.17, 15) is 4.79 Å². The Bertz CT molecular complexity index is 757. The molecule has 2 rings (SSSR count). The van der Waals surface area contributed by atoms with E-state index in [1.165, 1.54) is 0 Å². The van der Waals surface area contributed by atoms with Crippen molar-refractivity contribution >= 4 is 11.6 Å². The van der Waals surface area contributed by atoms with Gasteiger partial charge in [-0.1, -0.05) is 6.07 Å². The molecule has 0 heterocycles. The summed E-state index contributed by atoms with van der Waals surface area (Å²) >= 11 is 0. The topological polar surface area (TPSA) is 50.8 Å². The molecule has 146 valence electrons. The second kappa shape index (κ2) is 9.31. The summed E-state index contributed by atoms with van der Waals surface area (Å²) in [6.45, 7) is 9.33. The number of hydrogen-bond donors (Lipinski definition) is 1. The average molecular weight is 370 g/mol. The van der Waals surface area contributed by atoms with Gasteiger partial charge in [0.25, 0.3) is 5.91 Å². The molecule has 0 spiro atoms. The number of carbonyl (C=O) groups is 1. The molecule has 0 aromatic heterocycles. The lowest BCUT2D eigenvalue weighted by atomic mass is 10.1. The van der Waals surface area contributed by atoms with E-state index in [0.29, 0.717) is 23.1 Å². The predicted molar refractivity (Wildman–Crippen MR) is 110 cm³/mol. The molecule has 0 saturated heterocycles. The van der Waals surface area contributed by atoms with Crippen LogP contribution in [0.4, 0.5) is 5.69 Å². The van der Waals surface area contributed by atoms with Crippen molar-refractivity contribution in [1.29, 1.82) is 0 Å². The summed E-state index contributed by atoms with van der Waals surface area (Å²) < 4.78 is 10.6. The molecule has 0 radical (unpaired) electrons. The highest BCUT2D eigenvalue weighted by molar-refractivity contribution is 5.94. The Labute approximate surface area is 162 Å².